The maximum atomic E-state index is 13.1. The molecule has 206 valence electrons. The molecule has 1 aromatic heterocycles. The molecular weight excluding hydrogens is 532 g/mol. The molecule has 0 aliphatic carbocycles. The molecule has 11 heteroatoms. The number of ether oxygens (including phenoxy) is 1. The van der Waals surface area contributed by atoms with Gasteiger partial charge in [0.25, 0.3) is 11.1 Å². The van der Waals surface area contributed by atoms with E-state index in [1.54, 1.807) is 30.3 Å². The molecule has 0 unspecified atom stereocenters. The predicted octanol–water partition coefficient (Wildman–Crippen LogP) is 4.30. The molecule has 40 heavy (non-hydrogen) atoms. The summed E-state index contributed by atoms with van der Waals surface area (Å²) >= 11 is 0.796. The fourth-order valence-corrected chi connectivity index (χ4v) is 5.61. The van der Waals surface area contributed by atoms with Gasteiger partial charge in [0, 0.05) is 41.5 Å². The first-order chi connectivity index (χ1) is 19.2. The largest absolute Gasteiger partial charge is 0.478 e. The Bertz CT molecular complexity index is 1500. The number of aromatic carboxylic acids is 1. The summed E-state index contributed by atoms with van der Waals surface area (Å²) in [5.41, 5.74) is 5.03. The second-order valence-corrected chi connectivity index (χ2v) is 10.5. The van der Waals surface area contributed by atoms with Crippen LogP contribution in [0.5, 0.6) is 0 Å². The number of hydrogen-bond acceptors (Lipinski definition) is 7. The van der Waals surface area contributed by atoms with Gasteiger partial charge in [0.1, 0.15) is 6.54 Å². The van der Waals surface area contributed by atoms with Crippen molar-refractivity contribution in [1.82, 2.24) is 9.47 Å². The molecule has 10 nitrogen and oxygen atoms in total. The summed E-state index contributed by atoms with van der Waals surface area (Å²) < 4.78 is 7.32. The number of carboxylic acid groups (broad SMARTS) is 1. The lowest BCUT2D eigenvalue weighted by Gasteiger charge is -2.28. The van der Waals surface area contributed by atoms with Crippen LogP contribution in [0.2, 0.25) is 0 Å². The normalized spacial score (nSPS) is 16.6. The minimum absolute atomic E-state index is 0.189. The molecule has 3 heterocycles. The highest BCUT2D eigenvalue weighted by atomic mass is 32.2. The lowest BCUT2D eigenvalue weighted by atomic mass is 10.2. The number of nitrogens with zero attached hydrogens (tertiary/aromatic N) is 3. The van der Waals surface area contributed by atoms with E-state index in [1.165, 1.54) is 12.1 Å². The number of carboxylic acids is 1. The van der Waals surface area contributed by atoms with Crippen molar-refractivity contribution < 1.29 is 29.0 Å². The van der Waals surface area contributed by atoms with Crippen LogP contribution in [-0.2, 0) is 14.3 Å². The highest BCUT2D eigenvalue weighted by molar-refractivity contribution is 8.18. The average molecular weight is 561 g/mol. The van der Waals surface area contributed by atoms with Crippen molar-refractivity contribution in [2.24, 2.45) is 0 Å². The highest BCUT2D eigenvalue weighted by Crippen LogP contribution is 2.34. The van der Waals surface area contributed by atoms with Gasteiger partial charge in [-0.2, -0.15) is 0 Å². The van der Waals surface area contributed by atoms with E-state index in [-0.39, 0.29) is 17.0 Å². The molecule has 3 aromatic rings. The van der Waals surface area contributed by atoms with E-state index in [9.17, 15) is 19.2 Å². The van der Waals surface area contributed by atoms with Gasteiger partial charge in [-0.1, -0.05) is 0 Å². The third-order valence-corrected chi connectivity index (χ3v) is 7.74. The zero-order valence-electron chi connectivity index (χ0n) is 22.0. The number of aromatic nitrogens is 1. The van der Waals surface area contributed by atoms with E-state index in [0.717, 1.165) is 58.1 Å². The number of morpholine rings is 1. The third-order valence-electron chi connectivity index (χ3n) is 6.83. The molecule has 2 aliphatic rings. The van der Waals surface area contributed by atoms with Crippen LogP contribution >= 0.6 is 11.8 Å². The van der Waals surface area contributed by atoms with Gasteiger partial charge in [-0.3, -0.25) is 19.3 Å². The zero-order chi connectivity index (χ0) is 28.4. The molecule has 2 fully saturated rings. The van der Waals surface area contributed by atoms with Gasteiger partial charge >= 0.3 is 5.97 Å². The minimum Gasteiger partial charge on any atom is -0.478 e. The second-order valence-electron chi connectivity index (χ2n) is 9.48. The molecule has 0 radical (unpaired) electrons. The highest BCUT2D eigenvalue weighted by Gasteiger charge is 2.36. The van der Waals surface area contributed by atoms with E-state index in [4.69, 9.17) is 9.84 Å². The van der Waals surface area contributed by atoms with Crippen LogP contribution < -0.4 is 10.2 Å². The van der Waals surface area contributed by atoms with Crippen LogP contribution in [-0.4, -0.2) is 70.4 Å². The van der Waals surface area contributed by atoms with E-state index < -0.39 is 23.0 Å². The second kappa shape index (κ2) is 11.4. The van der Waals surface area contributed by atoms with Gasteiger partial charge in [0.05, 0.1) is 23.7 Å². The van der Waals surface area contributed by atoms with Crippen LogP contribution in [0.3, 0.4) is 0 Å². The number of aryl methyl sites for hydroxylation is 1. The van der Waals surface area contributed by atoms with Crippen molar-refractivity contribution in [1.29, 1.82) is 0 Å². The summed E-state index contributed by atoms with van der Waals surface area (Å²) in [6.07, 6.45) is 1.65. The number of rotatable bonds is 7. The Morgan fingerprint density at radius 3 is 2.30 bits per heavy atom. The third kappa shape index (κ3) is 5.65. The standard InChI is InChI=1S/C29H28N4O6S/c1-18-15-21(19(2)33(18)24-7-3-20(4-8-24)28(36)37)16-25-27(35)32(29(38)40-25)17-26(34)30-22-5-9-23(10-6-22)31-11-13-39-14-12-31/h3-10,15-16H,11-14,17H2,1-2H3,(H,30,34)(H,36,37)/b25-16+. The predicted molar refractivity (Wildman–Crippen MR) is 153 cm³/mol. The molecule has 2 aliphatic heterocycles. The van der Waals surface area contributed by atoms with Gasteiger partial charge in [0.2, 0.25) is 5.91 Å². The zero-order valence-corrected chi connectivity index (χ0v) is 22.9. The molecule has 2 saturated heterocycles. The Morgan fingerprint density at radius 1 is 1.00 bits per heavy atom. The number of nitrogens with one attached hydrogen (secondary N) is 1. The van der Waals surface area contributed by atoms with E-state index >= 15 is 0 Å². The number of imide groups is 1. The Kier molecular flexibility index (Phi) is 7.76. The molecular formula is C29H28N4O6S. The molecule has 3 amide bonds. The summed E-state index contributed by atoms with van der Waals surface area (Å²) in [7, 11) is 0. The fourth-order valence-electron chi connectivity index (χ4n) is 4.78. The molecule has 0 bridgehead atoms. The van der Waals surface area contributed by atoms with Crippen molar-refractivity contribution in [2.75, 3.05) is 43.1 Å². The SMILES string of the molecule is Cc1cc(/C=C2/SC(=O)N(CC(=O)Nc3ccc(N4CCOCC4)cc3)C2=O)c(C)n1-c1ccc(C(=O)O)cc1. The number of amides is 3. The smallest absolute Gasteiger partial charge is 0.335 e. The Morgan fingerprint density at radius 2 is 1.65 bits per heavy atom. The summed E-state index contributed by atoms with van der Waals surface area (Å²) in [6, 6.07) is 15.8. The number of anilines is 2. The van der Waals surface area contributed by atoms with Gasteiger partial charge in [-0.25, -0.2) is 4.79 Å². The van der Waals surface area contributed by atoms with E-state index in [1.807, 2.05) is 36.6 Å². The molecule has 0 spiro atoms. The summed E-state index contributed by atoms with van der Waals surface area (Å²) in [6.45, 7) is 6.37. The molecule has 2 N–H and O–H groups in total. The Hall–Kier alpha value is -4.35. The lowest BCUT2D eigenvalue weighted by molar-refractivity contribution is -0.127. The first-order valence-corrected chi connectivity index (χ1v) is 13.5. The van der Waals surface area contributed by atoms with Crippen LogP contribution in [0.15, 0.2) is 59.5 Å². The Labute approximate surface area is 235 Å². The van der Waals surface area contributed by atoms with Crippen molar-refractivity contribution in [3.63, 3.8) is 0 Å². The van der Waals surface area contributed by atoms with E-state index in [0.29, 0.717) is 18.9 Å². The van der Waals surface area contributed by atoms with Crippen LogP contribution in [0.1, 0.15) is 27.3 Å². The number of carbonyl (C=O) groups is 4. The number of hydrogen-bond donors (Lipinski definition) is 2. The topological polar surface area (TPSA) is 121 Å². The first kappa shape index (κ1) is 27.2. The van der Waals surface area contributed by atoms with Gasteiger partial charge in [0.15, 0.2) is 0 Å². The minimum atomic E-state index is -1.00. The lowest BCUT2D eigenvalue weighted by Crippen LogP contribution is -2.36. The maximum Gasteiger partial charge on any atom is 0.335 e. The van der Waals surface area contributed by atoms with Crippen molar-refractivity contribution in [3.05, 3.63) is 82.0 Å². The number of thioether (sulfide) groups is 1. The monoisotopic (exact) mass is 560 g/mol. The number of benzene rings is 2. The Balaban J connectivity index is 1.25. The first-order valence-electron chi connectivity index (χ1n) is 12.7. The van der Waals surface area contributed by atoms with Gasteiger partial charge < -0.3 is 24.6 Å². The van der Waals surface area contributed by atoms with E-state index in [2.05, 4.69) is 10.2 Å². The molecule has 0 saturated carbocycles. The van der Waals surface area contributed by atoms with Gasteiger partial charge in [-0.15, -0.1) is 0 Å². The fraction of sp³-hybridized carbons (Fsp3) is 0.241. The van der Waals surface area contributed by atoms with Crippen LogP contribution in [0.25, 0.3) is 11.8 Å². The average Bonchev–Trinajstić information content (AvgIpc) is 3.38. The molecule has 0 atom stereocenters. The maximum absolute atomic E-state index is 13.1. The summed E-state index contributed by atoms with van der Waals surface area (Å²) in [4.78, 5) is 52.9. The van der Waals surface area contributed by atoms with Crippen LogP contribution in [0.4, 0.5) is 16.2 Å². The van der Waals surface area contributed by atoms with Crippen molar-refractivity contribution in [3.8, 4) is 5.69 Å². The van der Waals surface area contributed by atoms with Crippen LogP contribution in [0, 0.1) is 13.8 Å². The van der Waals surface area contributed by atoms with Crippen molar-refractivity contribution in [2.45, 2.75) is 13.8 Å². The molecule has 5 rings (SSSR count). The van der Waals surface area contributed by atoms with Gasteiger partial charge in [-0.05, 0) is 91.8 Å². The summed E-state index contributed by atoms with van der Waals surface area (Å²) in [5.74, 6) is -1.99. The van der Waals surface area contributed by atoms with Crippen molar-refractivity contribution >= 4 is 52.2 Å². The summed E-state index contributed by atoms with van der Waals surface area (Å²) in [5, 5.41) is 11.4. The molecule has 2 aromatic carbocycles. The quantitative estimate of drug-likeness (QED) is 0.410. The number of carbonyl (C=O) groups excluding carboxylic acids is 3.